The predicted octanol–water partition coefficient (Wildman–Crippen LogP) is 4.08. The highest BCUT2D eigenvalue weighted by Crippen LogP contribution is 2.22. The number of ether oxygens (including phenoxy) is 1. The van der Waals surface area contributed by atoms with Gasteiger partial charge in [-0.05, 0) is 37.3 Å². The van der Waals surface area contributed by atoms with E-state index in [2.05, 4.69) is 4.98 Å². The van der Waals surface area contributed by atoms with E-state index in [9.17, 15) is 9.59 Å². The first kappa shape index (κ1) is 17.5. The number of hydrogen-bond donors (Lipinski definition) is 0. The van der Waals surface area contributed by atoms with Crippen LogP contribution in [0.2, 0.25) is 10.0 Å². The Morgan fingerprint density at radius 2 is 1.88 bits per heavy atom. The highest BCUT2D eigenvalue weighted by Gasteiger charge is 2.14. The summed E-state index contributed by atoms with van der Waals surface area (Å²) < 4.78 is 6.84. The van der Waals surface area contributed by atoms with Crippen LogP contribution in [0.25, 0.3) is 11.0 Å². The molecule has 25 heavy (non-hydrogen) atoms. The van der Waals surface area contributed by atoms with Crippen LogP contribution in [0, 0.1) is 6.92 Å². The van der Waals surface area contributed by atoms with Crippen molar-refractivity contribution in [2.75, 3.05) is 6.61 Å². The van der Waals surface area contributed by atoms with Gasteiger partial charge in [0.05, 0.1) is 21.1 Å². The lowest BCUT2D eigenvalue weighted by Gasteiger charge is -2.08. The number of hydrogen-bond acceptors (Lipinski definition) is 4. The van der Waals surface area contributed by atoms with E-state index in [1.54, 1.807) is 4.57 Å². The zero-order valence-electron chi connectivity index (χ0n) is 13.3. The standard InChI is InChI=1S/C18H14Cl2N2O3/c1-11-21-15-4-2-3-5-16(15)22(11)9-18(24)25-10-17(23)12-6-7-13(19)14(20)8-12/h2-8H,9-10H2,1H3. The summed E-state index contributed by atoms with van der Waals surface area (Å²) in [6.45, 7) is 1.44. The smallest absolute Gasteiger partial charge is 0.326 e. The van der Waals surface area contributed by atoms with Crippen LogP contribution in [0.1, 0.15) is 16.2 Å². The van der Waals surface area contributed by atoms with Crippen molar-refractivity contribution in [2.45, 2.75) is 13.5 Å². The molecule has 0 atom stereocenters. The second-order valence-corrected chi connectivity index (χ2v) is 6.26. The van der Waals surface area contributed by atoms with Gasteiger partial charge in [0, 0.05) is 5.56 Å². The molecule has 0 aliphatic heterocycles. The van der Waals surface area contributed by atoms with Crippen molar-refractivity contribution in [3.63, 3.8) is 0 Å². The van der Waals surface area contributed by atoms with E-state index in [4.69, 9.17) is 27.9 Å². The van der Waals surface area contributed by atoms with Gasteiger partial charge < -0.3 is 9.30 Å². The Labute approximate surface area is 154 Å². The Kier molecular flexibility index (Phi) is 5.06. The molecular formula is C18H14Cl2N2O3. The van der Waals surface area contributed by atoms with E-state index in [0.717, 1.165) is 11.0 Å². The summed E-state index contributed by atoms with van der Waals surface area (Å²) in [7, 11) is 0. The van der Waals surface area contributed by atoms with Crippen molar-refractivity contribution < 1.29 is 14.3 Å². The lowest BCUT2D eigenvalue weighted by molar-refractivity contribution is -0.143. The molecule has 2 aromatic carbocycles. The van der Waals surface area contributed by atoms with Crippen LogP contribution in [0.4, 0.5) is 0 Å². The Morgan fingerprint density at radius 3 is 2.64 bits per heavy atom. The maximum atomic E-state index is 12.1. The number of benzene rings is 2. The monoisotopic (exact) mass is 376 g/mol. The summed E-state index contributed by atoms with van der Waals surface area (Å²) in [6, 6.07) is 12.0. The summed E-state index contributed by atoms with van der Waals surface area (Å²) in [6.07, 6.45) is 0. The van der Waals surface area contributed by atoms with E-state index in [-0.39, 0.29) is 24.0 Å². The number of carbonyl (C=O) groups excluding carboxylic acids is 2. The fourth-order valence-electron chi connectivity index (χ4n) is 2.47. The van der Waals surface area contributed by atoms with Crippen molar-refractivity contribution in [1.82, 2.24) is 9.55 Å². The number of ketones is 1. The first-order chi connectivity index (χ1) is 12.0. The summed E-state index contributed by atoms with van der Waals surface area (Å²) in [5.74, 6) is -0.159. The molecule has 3 aromatic rings. The number of nitrogens with zero attached hydrogens (tertiary/aromatic N) is 2. The highest BCUT2D eigenvalue weighted by molar-refractivity contribution is 6.42. The second kappa shape index (κ2) is 7.25. The van der Waals surface area contributed by atoms with Crippen LogP contribution in [-0.2, 0) is 16.1 Å². The van der Waals surface area contributed by atoms with E-state index < -0.39 is 5.97 Å². The van der Waals surface area contributed by atoms with Gasteiger partial charge in [-0.15, -0.1) is 0 Å². The molecule has 1 aromatic heterocycles. The van der Waals surface area contributed by atoms with Gasteiger partial charge in [-0.2, -0.15) is 0 Å². The van der Waals surface area contributed by atoms with Crippen LogP contribution < -0.4 is 0 Å². The number of halogens is 2. The van der Waals surface area contributed by atoms with Crippen molar-refractivity contribution in [2.24, 2.45) is 0 Å². The third-order valence-corrected chi connectivity index (χ3v) is 4.48. The van der Waals surface area contributed by atoms with Crippen LogP contribution in [0.5, 0.6) is 0 Å². The first-order valence-corrected chi connectivity index (χ1v) is 8.27. The van der Waals surface area contributed by atoms with Crippen molar-refractivity contribution in [3.05, 3.63) is 63.9 Å². The lowest BCUT2D eigenvalue weighted by atomic mass is 10.1. The zero-order valence-corrected chi connectivity index (χ0v) is 14.8. The second-order valence-electron chi connectivity index (χ2n) is 5.45. The van der Waals surface area contributed by atoms with Crippen LogP contribution in [-0.4, -0.2) is 27.9 Å². The van der Waals surface area contributed by atoms with Gasteiger partial charge in [-0.3, -0.25) is 9.59 Å². The quantitative estimate of drug-likeness (QED) is 0.497. The Hall–Kier alpha value is -2.37. The maximum Gasteiger partial charge on any atom is 0.326 e. The van der Waals surface area contributed by atoms with Gasteiger partial charge in [0.25, 0.3) is 0 Å². The summed E-state index contributed by atoms with van der Waals surface area (Å²) in [5, 5.41) is 0.636. The molecule has 0 unspecified atom stereocenters. The van der Waals surface area contributed by atoms with Crippen LogP contribution >= 0.6 is 23.2 Å². The average Bonchev–Trinajstić information content (AvgIpc) is 2.91. The highest BCUT2D eigenvalue weighted by atomic mass is 35.5. The van der Waals surface area contributed by atoms with Gasteiger partial charge in [0.1, 0.15) is 12.4 Å². The summed E-state index contributed by atoms with van der Waals surface area (Å²) in [5.41, 5.74) is 1.99. The molecule has 0 aliphatic rings. The molecule has 0 spiro atoms. The van der Waals surface area contributed by atoms with E-state index in [1.165, 1.54) is 18.2 Å². The van der Waals surface area contributed by atoms with Gasteiger partial charge in [0.2, 0.25) is 0 Å². The molecule has 0 fully saturated rings. The number of aryl methyl sites for hydroxylation is 1. The molecule has 0 aliphatic carbocycles. The fraction of sp³-hybridized carbons (Fsp3) is 0.167. The lowest BCUT2D eigenvalue weighted by Crippen LogP contribution is -2.19. The number of fused-ring (bicyclic) bond motifs is 1. The molecule has 0 N–H and O–H groups in total. The number of aromatic nitrogens is 2. The summed E-state index contributed by atoms with van der Waals surface area (Å²) >= 11 is 11.7. The molecular weight excluding hydrogens is 363 g/mol. The Morgan fingerprint density at radius 1 is 1.12 bits per heavy atom. The minimum absolute atomic E-state index is 0.0129. The number of carbonyl (C=O) groups is 2. The van der Waals surface area contributed by atoms with E-state index in [0.29, 0.717) is 16.4 Å². The molecule has 7 heteroatoms. The molecule has 0 radical (unpaired) electrons. The van der Waals surface area contributed by atoms with E-state index in [1.807, 2.05) is 31.2 Å². The van der Waals surface area contributed by atoms with E-state index >= 15 is 0 Å². The molecule has 0 bridgehead atoms. The van der Waals surface area contributed by atoms with Gasteiger partial charge >= 0.3 is 5.97 Å². The van der Waals surface area contributed by atoms with Gasteiger partial charge in [0.15, 0.2) is 12.4 Å². The molecule has 0 saturated heterocycles. The Bertz CT molecular complexity index is 966. The van der Waals surface area contributed by atoms with Crippen molar-refractivity contribution in [3.8, 4) is 0 Å². The summed E-state index contributed by atoms with van der Waals surface area (Å²) in [4.78, 5) is 28.6. The van der Waals surface area contributed by atoms with Crippen molar-refractivity contribution >= 4 is 46.0 Å². The minimum atomic E-state index is -0.514. The number of imidazole rings is 1. The van der Waals surface area contributed by atoms with Crippen LogP contribution in [0.15, 0.2) is 42.5 Å². The topological polar surface area (TPSA) is 61.2 Å². The SMILES string of the molecule is Cc1nc2ccccc2n1CC(=O)OCC(=O)c1ccc(Cl)c(Cl)c1. The molecule has 128 valence electrons. The fourth-order valence-corrected chi connectivity index (χ4v) is 2.77. The molecule has 0 saturated carbocycles. The molecule has 5 nitrogen and oxygen atoms in total. The van der Waals surface area contributed by atoms with Gasteiger partial charge in [-0.25, -0.2) is 4.98 Å². The maximum absolute atomic E-state index is 12.1. The number of Topliss-reactive ketones (excluding diaryl/α,β-unsaturated/α-hetero) is 1. The molecule has 0 amide bonds. The Balaban J connectivity index is 1.65. The average molecular weight is 377 g/mol. The zero-order chi connectivity index (χ0) is 18.0. The third-order valence-electron chi connectivity index (χ3n) is 3.74. The number of rotatable bonds is 5. The minimum Gasteiger partial charge on any atom is -0.456 e. The van der Waals surface area contributed by atoms with Crippen molar-refractivity contribution in [1.29, 1.82) is 0 Å². The number of para-hydroxylation sites is 2. The molecule has 3 rings (SSSR count). The third kappa shape index (κ3) is 3.83. The van der Waals surface area contributed by atoms with Crippen LogP contribution in [0.3, 0.4) is 0 Å². The predicted molar refractivity (Wildman–Crippen MR) is 96.2 cm³/mol. The largest absolute Gasteiger partial charge is 0.456 e. The molecule has 1 heterocycles. The normalized spacial score (nSPS) is 10.8. The number of esters is 1. The van der Waals surface area contributed by atoms with Gasteiger partial charge in [-0.1, -0.05) is 35.3 Å². The first-order valence-electron chi connectivity index (χ1n) is 7.51.